The first kappa shape index (κ1) is 23.5. The van der Waals surface area contributed by atoms with Gasteiger partial charge in [0, 0.05) is 11.9 Å². The summed E-state index contributed by atoms with van der Waals surface area (Å²) in [6, 6.07) is 20.8. The van der Waals surface area contributed by atoms with Crippen LogP contribution in [0.2, 0.25) is 0 Å². The van der Waals surface area contributed by atoms with Gasteiger partial charge in [-0.25, -0.2) is 4.79 Å². The Morgan fingerprint density at radius 2 is 1.62 bits per heavy atom. The fraction of sp³-hybridized carbons (Fsp3) is 0.321. The minimum Gasteiger partial charge on any atom is -0.319 e. The van der Waals surface area contributed by atoms with Crippen molar-refractivity contribution < 1.29 is 14.4 Å². The van der Waals surface area contributed by atoms with E-state index < -0.39 is 17.5 Å². The van der Waals surface area contributed by atoms with E-state index in [2.05, 4.69) is 26.1 Å². The topological polar surface area (TPSA) is 69.7 Å². The quantitative estimate of drug-likeness (QED) is 0.551. The van der Waals surface area contributed by atoms with Crippen molar-refractivity contribution in [3.63, 3.8) is 0 Å². The summed E-state index contributed by atoms with van der Waals surface area (Å²) in [6.07, 6.45) is 0. The molecular weight excluding hydrogens is 426 g/mol. The molecule has 0 aliphatic carbocycles. The van der Waals surface area contributed by atoms with Crippen LogP contribution in [-0.2, 0) is 20.5 Å². The minimum absolute atomic E-state index is 0.0218. The fourth-order valence-corrected chi connectivity index (χ4v) is 4.49. The number of likely N-dealkylation sites (N-methyl/N-ethyl adjacent to an activating group) is 1. The number of amides is 4. The molecule has 0 bridgehead atoms. The molecule has 6 heteroatoms. The Morgan fingerprint density at radius 1 is 0.971 bits per heavy atom. The van der Waals surface area contributed by atoms with E-state index in [4.69, 9.17) is 0 Å². The van der Waals surface area contributed by atoms with E-state index in [0.717, 1.165) is 26.9 Å². The number of nitrogens with zero attached hydrogens (tertiary/aromatic N) is 2. The summed E-state index contributed by atoms with van der Waals surface area (Å²) in [5, 5.41) is 4.77. The molecule has 0 saturated carbocycles. The number of rotatable bonds is 5. The van der Waals surface area contributed by atoms with E-state index in [0.29, 0.717) is 12.1 Å². The number of hydrogen-bond acceptors (Lipinski definition) is 3. The molecule has 3 aromatic carbocycles. The summed E-state index contributed by atoms with van der Waals surface area (Å²) in [6.45, 7) is 10.0. The standard InChI is InChI=1S/C28H31N3O3/c1-6-30(23-13-9-11-19-10-7-8-12-22(19)23)24(32)18-31-25(33)28(5,29-26(31)34)21-16-14-20(15-17-21)27(2,3)4/h7-17H,6,18H2,1-5H3,(H,29,34). The molecule has 6 nitrogen and oxygen atoms in total. The molecule has 1 heterocycles. The minimum atomic E-state index is -1.22. The first-order valence-corrected chi connectivity index (χ1v) is 11.6. The van der Waals surface area contributed by atoms with Crippen molar-refractivity contribution in [2.24, 2.45) is 0 Å². The molecule has 3 aromatic rings. The third-order valence-corrected chi connectivity index (χ3v) is 6.57. The Labute approximate surface area is 200 Å². The summed E-state index contributed by atoms with van der Waals surface area (Å²) in [4.78, 5) is 42.2. The van der Waals surface area contributed by atoms with Crippen LogP contribution in [-0.4, -0.2) is 35.8 Å². The molecule has 1 N–H and O–H groups in total. The Kier molecular flexibility index (Phi) is 5.94. The number of urea groups is 1. The van der Waals surface area contributed by atoms with Gasteiger partial charge in [0.2, 0.25) is 5.91 Å². The summed E-state index contributed by atoms with van der Waals surface area (Å²) < 4.78 is 0. The van der Waals surface area contributed by atoms with Gasteiger partial charge in [-0.3, -0.25) is 14.5 Å². The third kappa shape index (κ3) is 4.04. The van der Waals surface area contributed by atoms with Crippen LogP contribution in [0.5, 0.6) is 0 Å². The van der Waals surface area contributed by atoms with Crippen LogP contribution in [0, 0.1) is 0 Å². The van der Waals surface area contributed by atoms with Gasteiger partial charge in [-0.2, -0.15) is 0 Å². The summed E-state index contributed by atoms with van der Waals surface area (Å²) in [7, 11) is 0. The van der Waals surface area contributed by atoms with Crippen LogP contribution in [0.1, 0.15) is 45.7 Å². The maximum Gasteiger partial charge on any atom is 0.325 e. The second-order valence-corrected chi connectivity index (χ2v) is 9.91. The number of anilines is 1. The molecular formula is C28H31N3O3. The van der Waals surface area contributed by atoms with Crippen LogP contribution in [0.3, 0.4) is 0 Å². The highest BCUT2D eigenvalue weighted by Crippen LogP contribution is 2.32. The van der Waals surface area contributed by atoms with E-state index in [1.54, 1.807) is 11.8 Å². The summed E-state index contributed by atoms with van der Waals surface area (Å²) in [5.41, 5.74) is 1.35. The van der Waals surface area contributed by atoms with Gasteiger partial charge in [0.15, 0.2) is 0 Å². The number of benzene rings is 3. The highest BCUT2D eigenvalue weighted by atomic mass is 16.2. The first-order valence-electron chi connectivity index (χ1n) is 11.6. The van der Waals surface area contributed by atoms with Crippen molar-refractivity contribution in [2.75, 3.05) is 18.0 Å². The summed E-state index contributed by atoms with van der Waals surface area (Å²) in [5.74, 6) is -0.738. The molecule has 34 heavy (non-hydrogen) atoms. The third-order valence-electron chi connectivity index (χ3n) is 6.57. The first-order chi connectivity index (χ1) is 16.1. The highest BCUT2D eigenvalue weighted by molar-refractivity contribution is 6.11. The SMILES string of the molecule is CCN(C(=O)CN1C(=O)NC(C)(c2ccc(C(C)(C)C)cc2)C1=O)c1cccc2ccccc12. The molecule has 1 aliphatic rings. The van der Waals surface area contributed by atoms with Crippen molar-refractivity contribution in [2.45, 2.75) is 45.6 Å². The molecule has 0 spiro atoms. The number of nitrogens with one attached hydrogen (secondary N) is 1. The lowest BCUT2D eigenvalue weighted by Gasteiger charge is -2.26. The van der Waals surface area contributed by atoms with Gasteiger partial charge in [-0.15, -0.1) is 0 Å². The average Bonchev–Trinajstić information content (AvgIpc) is 3.03. The van der Waals surface area contributed by atoms with Gasteiger partial charge in [0.05, 0.1) is 5.69 Å². The van der Waals surface area contributed by atoms with Gasteiger partial charge >= 0.3 is 6.03 Å². The monoisotopic (exact) mass is 457 g/mol. The number of carbonyl (C=O) groups is 3. The number of carbonyl (C=O) groups excluding carboxylic acids is 3. The van der Waals surface area contributed by atoms with E-state index in [-0.39, 0.29) is 17.9 Å². The molecule has 4 rings (SSSR count). The molecule has 176 valence electrons. The van der Waals surface area contributed by atoms with Crippen LogP contribution < -0.4 is 10.2 Å². The molecule has 0 aromatic heterocycles. The van der Waals surface area contributed by atoms with Crippen molar-refractivity contribution in [1.82, 2.24) is 10.2 Å². The Morgan fingerprint density at radius 3 is 2.26 bits per heavy atom. The van der Waals surface area contributed by atoms with Crippen molar-refractivity contribution in [1.29, 1.82) is 0 Å². The van der Waals surface area contributed by atoms with Gasteiger partial charge < -0.3 is 10.2 Å². The smallest absolute Gasteiger partial charge is 0.319 e. The Hall–Kier alpha value is -3.67. The largest absolute Gasteiger partial charge is 0.325 e. The van der Waals surface area contributed by atoms with Crippen LogP contribution in [0.15, 0.2) is 66.7 Å². The molecule has 1 atom stereocenters. The zero-order valence-corrected chi connectivity index (χ0v) is 20.4. The molecule has 4 amide bonds. The lowest BCUT2D eigenvalue weighted by molar-refractivity contribution is -0.134. The lowest BCUT2D eigenvalue weighted by Crippen LogP contribution is -2.44. The van der Waals surface area contributed by atoms with Gasteiger partial charge in [-0.05, 0) is 41.8 Å². The summed E-state index contributed by atoms with van der Waals surface area (Å²) >= 11 is 0. The van der Waals surface area contributed by atoms with E-state index in [9.17, 15) is 14.4 Å². The molecule has 1 unspecified atom stereocenters. The van der Waals surface area contributed by atoms with Crippen LogP contribution >= 0.6 is 0 Å². The molecule has 0 radical (unpaired) electrons. The van der Waals surface area contributed by atoms with Crippen LogP contribution in [0.4, 0.5) is 10.5 Å². The molecule has 1 saturated heterocycles. The van der Waals surface area contributed by atoms with E-state index in [1.807, 2.05) is 73.7 Å². The molecule has 1 aliphatic heterocycles. The zero-order valence-electron chi connectivity index (χ0n) is 20.4. The van der Waals surface area contributed by atoms with Gasteiger partial charge in [0.25, 0.3) is 5.91 Å². The Bertz CT molecular complexity index is 1250. The van der Waals surface area contributed by atoms with Gasteiger partial charge in [-0.1, -0.05) is 81.4 Å². The maximum absolute atomic E-state index is 13.4. The number of hydrogen-bond donors (Lipinski definition) is 1. The van der Waals surface area contributed by atoms with Gasteiger partial charge in [0.1, 0.15) is 12.1 Å². The zero-order chi connectivity index (χ0) is 24.7. The predicted molar refractivity (Wildman–Crippen MR) is 135 cm³/mol. The van der Waals surface area contributed by atoms with Crippen molar-refractivity contribution >= 4 is 34.3 Å². The number of imide groups is 1. The Balaban J connectivity index is 1.58. The van der Waals surface area contributed by atoms with Crippen LogP contribution in [0.25, 0.3) is 10.8 Å². The van der Waals surface area contributed by atoms with Crippen molar-refractivity contribution in [3.05, 3.63) is 77.9 Å². The van der Waals surface area contributed by atoms with E-state index in [1.165, 1.54) is 0 Å². The van der Waals surface area contributed by atoms with E-state index >= 15 is 0 Å². The van der Waals surface area contributed by atoms with Crippen molar-refractivity contribution in [3.8, 4) is 0 Å². The second kappa shape index (κ2) is 8.60. The fourth-order valence-electron chi connectivity index (χ4n) is 4.49. The predicted octanol–water partition coefficient (Wildman–Crippen LogP) is 4.96. The lowest BCUT2D eigenvalue weighted by atomic mass is 9.84. The normalized spacial score (nSPS) is 18.3. The maximum atomic E-state index is 13.4. The number of fused-ring (bicyclic) bond motifs is 1. The molecule has 1 fully saturated rings. The average molecular weight is 458 g/mol. The highest BCUT2D eigenvalue weighted by Gasteiger charge is 2.49. The second-order valence-electron chi connectivity index (χ2n) is 9.91.